The highest BCUT2D eigenvalue weighted by Gasteiger charge is 2.06. The summed E-state index contributed by atoms with van der Waals surface area (Å²) >= 11 is 0. The van der Waals surface area contributed by atoms with Crippen molar-refractivity contribution in [2.45, 2.75) is 6.42 Å². The Morgan fingerprint density at radius 3 is 2.82 bits per heavy atom. The summed E-state index contributed by atoms with van der Waals surface area (Å²) in [4.78, 5) is 17.4. The third-order valence-corrected chi connectivity index (χ3v) is 3.63. The molecule has 0 saturated heterocycles. The van der Waals surface area contributed by atoms with Crippen LogP contribution in [0.4, 0.5) is 11.4 Å². The molecule has 22 heavy (non-hydrogen) atoms. The molecule has 3 aromatic rings. The molecule has 1 heterocycles. The summed E-state index contributed by atoms with van der Waals surface area (Å²) in [5.41, 5.74) is 3.93. The first kappa shape index (κ1) is 14.2. The molecule has 0 bridgehead atoms. The molecular weight excluding hydrogens is 274 g/mol. The number of amides is 1. The lowest BCUT2D eigenvalue weighted by Crippen LogP contribution is -2.15. The van der Waals surface area contributed by atoms with Gasteiger partial charge in [-0.15, -0.1) is 0 Å². The van der Waals surface area contributed by atoms with Crippen molar-refractivity contribution in [3.8, 4) is 0 Å². The first-order valence-corrected chi connectivity index (χ1v) is 7.25. The number of H-pyrrole nitrogens is 1. The van der Waals surface area contributed by atoms with Gasteiger partial charge in [0.1, 0.15) is 0 Å². The van der Waals surface area contributed by atoms with Crippen molar-refractivity contribution in [3.05, 3.63) is 60.3 Å². The Kier molecular flexibility index (Phi) is 3.83. The highest BCUT2D eigenvalue weighted by Crippen LogP contribution is 2.18. The molecular formula is C18H19N3O. The zero-order valence-electron chi connectivity index (χ0n) is 12.8. The van der Waals surface area contributed by atoms with E-state index in [2.05, 4.69) is 10.3 Å². The van der Waals surface area contributed by atoms with E-state index < -0.39 is 0 Å². The van der Waals surface area contributed by atoms with Crippen molar-refractivity contribution >= 4 is 28.2 Å². The van der Waals surface area contributed by atoms with Gasteiger partial charge in [-0.25, -0.2) is 0 Å². The lowest BCUT2D eigenvalue weighted by molar-refractivity contribution is -0.115. The fourth-order valence-electron chi connectivity index (χ4n) is 2.46. The van der Waals surface area contributed by atoms with Gasteiger partial charge in [0.15, 0.2) is 0 Å². The summed E-state index contributed by atoms with van der Waals surface area (Å²) < 4.78 is 0. The summed E-state index contributed by atoms with van der Waals surface area (Å²) in [5, 5.41) is 4.11. The average molecular weight is 293 g/mol. The van der Waals surface area contributed by atoms with Gasteiger partial charge in [-0.2, -0.15) is 0 Å². The number of hydrogen-bond acceptors (Lipinski definition) is 2. The second kappa shape index (κ2) is 5.93. The van der Waals surface area contributed by atoms with Crippen LogP contribution in [0.3, 0.4) is 0 Å². The molecule has 1 amide bonds. The van der Waals surface area contributed by atoms with Gasteiger partial charge in [0, 0.05) is 37.2 Å². The van der Waals surface area contributed by atoms with Gasteiger partial charge in [-0.1, -0.05) is 18.2 Å². The maximum absolute atomic E-state index is 12.2. The number of aromatic nitrogens is 1. The van der Waals surface area contributed by atoms with Crippen LogP contribution in [0, 0.1) is 0 Å². The molecule has 2 aromatic carbocycles. The molecule has 2 N–H and O–H groups in total. The van der Waals surface area contributed by atoms with Crippen LogP contribution in [0.5, 0.6) is 0 Å². The summed E-state index contributed by atoms with van der Waals surface area (Å²) in [5.74, 6) is -0.0122. The van der Waals surface area contributed by atoms with Crippen LogP contribution in [-0.2, 0) is 11.2 Å². The number of rotatable bonds is 4. The van der Waals surface area contributed by atoms with Gasteiger partial charge in [-0.3, -0.25) is 4.79 Å². The van der Waals surface area contributed by atoms with Crippen molar-refractivity contribution in [2.24, 2.45) is 0 Å². The van der Waals surface area contributed by atoms with E-state index in [9.17, 15) is 4.79 Å². The maximum Gasteiger partial charge on any atom is 0.228 e. The molecule has 0 saturated carbocycles. The average Bonchev–Trinajstić information content (AvgIpc) is 2.95. The molecule has 4 heteroatoms. The van der Waals surface area contributed by atoms with Crippen LogP contribution >= 0.6 is 0 Å². The Morgan fingerprint density at radius 1 is 1.14 bits per heavy atom. The second-order valence-electron chi connectivity index (χ2n) is 5.57. The van der Waals surface area contributed by atoms with Gasteiger partial charge >= 0.3 is 0 Å². The van der Waals surface area contributed by atoms with Gasteiger partial charge in [0.05, 0.1) is 6.42 Å². The molecule has 0 fully saturated rings. The van der Waals surface area contributed by atoms with Crippen LogP contribution in [0.25, 0.3) is 10.9 Å². The minimum Gasteiger partial charge on any atom is -0.378 e. The summed E-state index contributed by atoms with van der Waals surface area (Å²) in [6.45, 7) is 0. The van der Waals surface area contributed by atoms with Crippen LogP contribution < -0.4 is 10.2 Å². The molecule has 1 aromatic heterocycles. The van der Waals surface area contributed by atoms with E-state index in [0.717, 1.165) is 27.8 Å². The summed E-state index contributed by atoms with van der Waals surface area (Å²) in [7, 11) is 3.96. The van der Waals surface area contributed by atoms with E-state index in [1.54, 1.807) is 0 Å². The van der Waals surface area contributed by atoms with Crippen molar-refractivity contribution in [1.29, 1.82) is 0 Å². The van der Waals surface area contributed by atoms with Crippen molar-refractivity contribution in [2.75, 3.05) is 24.3 Å². The number of benzene rings is 2. The number of fused-ring (bicyclic) bond motifs is 1. The number of aromatic amines is 1. The largest absolute Gasteiger partial charge is 0.378 e. The minimum absolute atomic E-state index is 0.0122. The highest BCUT2D eigenvalue weighted by atomic mass is 16.1. The fourth-order valence-corrected chi connectivity index (χ4v) is 2.46. The Morgan fingerprint density at radius 2 is 2.00 bits per heavy atom. The number of nitrogens with one attached hydrogen (secondary N) is 2. The van der Waals surface area contributed by atoms with Gasteiger partial charge in [0.2, 0.25) is 5.91 Å². The predicted octanol–water partition coefficient (Wildman–Crippen LogP) is 3.42. The number of anilines is 2. The molecule has 4 nitrogen and oxygen atoms in total. The van der Waals surface area contributed by atoms with Crippen LogP contribution in [0.1, 0.15) is 5.56 Å². The lowest BCUT2D eigenvalue weighted by Gasteiger charge is -2.14. The second-order valence-corrected chi connectivity index (χ2v) is 5.57. The molecule has 112 valence electrons. The molecule has 0 unspecified atom stereocenters. The summed E-state index contributed by atoms with van der Waals surface area (Å²) in [6.07, 6.45) is 2.27. The predicted molar refractivity (Wildman–Crippen MR) is 91.4 cm³/mol. The van der Waals surface area contributed by atoms with E-state index in [1.165, 1.54) is 0 Å². The van der Waals surface area contributed by atoms with Gasteiger partial charge in [-0.05, 0) is 41.3 Å². The molecule has 3 rings (SSSR count). The maximum atomic E-state index is 12.2. The van der Waals surface area contributed by atoms with E-state index >= 15 is 0 Å². The third kappa shape index (κ3) is 3.11. The number of hydrogen-bond donors (Lipinski definition) is 2. The molecule has 0 spiro atoms. The first-order chi connectivity index (χ1) is 10.6. The number of carbonyl (C=O) groups excluding carboxylic acids is 1. The molecule has 0 atom stereocenters. The lowest BCUT2D eigenvalue weighted by atomic mass is 10.1. The normalized spacial score (nSPS) is 10.6. The van der Waals surface area contributed by atoms with Crippen molar-refractivity contribution in [1.82, 2.24) is 4.98 Å². The van der Waals surface area contributed by atoms with E-state index in [4.69, 9.17) is 0 Å². The Hall–Kier alpha value is -2.75. The topological polar surface area (TPSA) is 48.1 Å². The van der Waals surface area contributed by atoms with Crippen LogP contribution in [0.2, 0.25) is 0 Å². The Bertz CT molecular complexity index is 805. The zero-order valence-corrected chi connectivity index (χ0v) is 12.8. The number of nitrogens with zero attached hydrogens (tertiary/aromatic N) is 1. The van der Waals surface area contributed by atoms with E-state index in [1.807, 2.05) is 73.7 Å². The van der Waals surface area contributed by atoms with E-state index in [-0.39, 0.29) is 5.91 Å². The molecule has 0 aliphatic carbocycles. The smallest absolute Gasteiger partial charge is 0.228 e. The molecule has 0 radical (unpaired) electrons. The van der Waals surface area contributed by atoms with E-state index in [0.29, 0.717) is 6.42 Å². The summed E-state index contributed by atoms with van der Waals surface area (Å²) in [6, 6.07) is 15.9. The first-order valence-electron chi connectivity index (χ1n) is 7.25. The van der Waals surface area contributed by atoms with Crippen LogP contribution in [-0.4, -0.2) is 25.0 Å². The van der Waals surface area contributed by atoms with Crippen molar-refractivity contribution < 1.29 is 4.79 Å². The standard InChI is InChI=1S/C18H19N3O/c1-21(2)16-5-3-4-15(12-16)20-18(22)11-13-6-7-14-8-9-19-17(14)10-13/h3-10,12,19H,11H2,1-2H3,(H,20,22). The third-order valence-electron chi connectivity index (χ3n) is 3.63. The Labute approximate surface area is 129 Å². The highest BCUT2D eigenvalue weighted by molar-refractivity contribution is 5.93. The van der Waals surface area contributed by atoms with Crippen molar-refractivity contribution in [3.63, 3.8) is 0 Å². The molecule has 0 aliphatic heterocycles. The SMILES string of the molecule is CN(C)c1cccc(NC(=O)Cc2ccc3cc[nH]c3c2)c1. The number of carbonyl (C=O) groups is 1. The monoisotopic (exact) mass is 293 g/mol. The van der Waals surface area contributed by atoms with Crippen LogP contribution in [0.15, 0.2) is 54.7 Å². The van der Waals surface area contributed by atoms with Gasteiger partial charge < -0.3 is 15.2 Å². The quantitative estimate of drug-likeness (QED) is 0.774. The van der Waals surface area contributed by atoms with Gasteiger partial charge in [0.25, 0.3) is 0 Å². The fraction of sp³-hybridized carbons (Fsp3) is 0.167. The zero-order chi connectivity index (χ0) is 15.5. The minimum atomic E-state index is -0.0122. The molecule has 0 aliphatic rings. The Balaban J connectivity index is 1.70.